The minimum atomic E-state index is -1.01. The van der Waals surface area contributed by atoms with Gasteiger partial charge in [0.25, 0.3) is 0 Å². The number of carbonyl (C=O) groups is 1. The molecular formula is C12H16BrNO4. The zero-order chi connectivity index (χ0) is 13.8. The molecule has 5 nitrogen and oxygen atoms in total. The number of rotatable bonds is 6. The molecule has 0 unspecified atom stereocenters. The Bertz CT molecular complexity index is 424. The van der Waals surface area contributed by atoms with E-state index in [1.807, 2.05) is 6.92 Å². The van der Waals surface area contributed by atoms with Crippen LogP contribution in [-0.4, -0.2) is 40.0 Å². The third-order valence-electron chi connectivity index (χ3n) is 2.89. The van der Waals surface area contributed by atoms with Gasteiger partial charge in [-0.3, -0.25) is 0 Å². The van der Waals surface area contributed by atoms with E-state index in [2.05, 4.69) is 21.2 Å². The van der Waals surface area contributed by atoms with Crippen LogP contribution in [0.25, 0.3) is 0 Å². The van der Waals surface area contributed by atoms with Gasteiger partial charge in [0, 0.05) is 10.2 Å². The molecule has 0 amide bonds. The van der Waals surface area contributed by atoms with E-state index in [9.17, 15) is 15.0 Å². The Balaban J connectivity index is 2.98. The first-order chi connectivity index (χ1) is 8.48. The number of halogens is 1. The zero-order valence-corrected chi connectivity index (χ0v) is 11.6. The number of hydrogen-bond donors (Lipinski definition) is 4. The molecule has 6 heteroatoms. The van der Waals surface area contributed by atoms with Gasteiger partial charge in [-0.05, 0) is 40.5 Å². The van der Waals surface area contributed by atoms with Gasteiger partial charge < -0.3 is 20.6 Å². The number of carboxylic acid groups (broad SMARTS) is 1. The Morgan fingerprint density at radius 3 is 2.39 bits per heavy atom. The minimum Gasteiger partial charge on any atom is -0.478 e. The van der Waals surface area contributed by atoms with Gasteiger partial charge in [-0.2, -0.15) is 0 Å². The lowest BCUT2D eigenvalue weighted by Gasteiger charge is -2.31. The second-order valence-corrected chi connectivity index (χ2v) is 4.93. The molecule has 0 aliphatic carbocycles. The Labute approximate surface area is 114 Å². The summed E-state index contributed by atoms with van der Waals surface area (Å²) in [4.78, 5) is 10.9. The Morgan fingerprint density at radius 1 is 1.39 bits per heavy atom. The van der Waals surface area contributed by atoms with Gasteiger partial charge in [-0.25, -0.2) is 4.79 Å². The van der Waals surface area contributed by atoms with Gasteiger partial charge in [0.05, 0.1) is 24.3 Å². The van der Waals surface area contributed by atoms with Gasteiger partial charge in [0.1, 0.15) is 0 Å². The molecule has 0 fully saturated rings. The average Bonchev–Trinajstić information content (AvgIpc) is 2.36. The lowest BCUT2D eigenvalue weighted by atomic mass is 9.98. The van der Waals surface area contributed by atoms with E-state index in [0.29, 0.717) is 16.6 Å². The van der Waals surface area contributed by atoms with Crippen LogP contribution >= 0.6 is 15.9 Å². The maximum Gasteiger partial charge on any atom is 0.336 e. The molecule has 0 spiro atoms. The molecule has 0 aliphatic rings. The van der Waals surface area contributed by atoms with Gasteiger partial charge in [0.2, 0.25) is 0 Å². The van der Waals surface area contributed by atoms with E-state index >= 15 is 0 Å². The lowest BCUT2D eigenvalue weighted by Crippen LogP contribution is -2.45. The summed E-state index contributed by atoms with van der Waals surface area (Å²) >= 11 is 3.18. The Kier molecular flexibility index (Phi) is 5.13. The van der Waals surface area contributed by atoms with E-state index in [4.69, 9.17) is 5.11 Å². The molecule has 0 radical (unpaired) electrons. The molecule has 0 heterocycles. The molecule has 0 saturated carbocycles. The number of hydrogen-bond acceptors (Lipinski definition) is 4. The number of benzene rings is 1. The highest BCUT2D eigenvalue weighted by Gasteiger charge is 2.26. The SMILES string of the molecule is CCC(CO)(CO)Nc1ccc(C(=O)O)c(Br)c1. The largest absolute Gasteiger partial charge is 0.478 e. The van der Waals surface area contributed by atoms with Crippen LogP contribution in [0.3, 0.4) is 0 Å². The second-order valence-electron chi connectivity index (χ2n) is 4.07. The maximum absolute atomic E-state index is 10.9. The number of anilines is 1. The molecule has 1 aromatic carbocycles. The molecule has 0 aliphatic heterocycles. The van der Waals surface area contributed by atoms with Crippen molar-refractivity contribution in [1.29, 1.82) is 0 Å². The molecule has 0 bridgehead atoms. The highest BCUT2D eigenvalue weighted by atomic mass is 79.9. The van der Waals surface area contributed by atoms with E-state index in [0.717, 1.165) is 0 Å². The number of carboxylic acids is 1. The fourth-order valence-corrected chi connectivity index (χ4v) is 2.06. The van der Waals surface area contributed by atoms with Crippen LogP contribution in [0.1, 0.15) is 23.7 Å². The first-order valence-corrected chi connectivity index (χ1v) is 6.30. The number of nitrogens with one attached hydrogen (secondary N) is 1. The molecule has 0 saturated heterocycles. The van der Waals surface area contributed by atoms with Crippen molar-refractivity contribution < 1.29 is 20.1 Å². The van der Waals surface area contributed by atoms with Crippen molar-refractivity contribution in [3.8, 4) is 0 Å². The molecule has 0 atom stereocenters. The van der Waals surface area contributed by atoms with Crippen molar-refractivity contribution in [2.24, 2.45) is 0 Å². The maximum atomic E-state index is 10.9. The second kappa shape index (κ2) is 6.17. The van der Waals surface area contributed by atoms with Gasteiger partial charge in [-0.1, -0.05) is 6.92 Å². The molecular weight excluding hydrogens is 302 g/mol. The fraction of sp³-hybridized carbons (Fsp3) is 0.417. The quantitative estimate of drug-likeness (QED) is 0.641. The summed E-state index contributed by atoms with van der Waals surface area (Å²) in [5, 5.41) is 30.6. The molecule has 0 aromatic heterocycles. The number of aliphatic hydroxyl groups excluding tert-OH is 2. The van der Waals surface area contributed by atoms with Crippen molar-refractivity contribution >= 4 is 27.6 Å². The standard InChI is InChI=1S/C12H16BrNO4/c1-2-12(6-15,7-16)14-8-3-4-9(11(17)18)10(13)5-8/h3-5,14-16H,2,6-7H2,1H3,(H,17,18). The highest BCUT2D eigenvalue weighted by molar-refractivity contribution is 9.10. The molecule has 18 heavy (non-hydrogen) atoms. The van der Waals surface area contributed by atoms with Gasteiger partial charge in [-0.15, -0.1) is 0 Å². The van der Waals surface area contributed by atoms with Crippen molar-refractivity contribution in [3.05, 3.63) is 28.2 Å². The van der Waals surface area contributed by atoms with E-state index in [1.165, 1.54) is 6.07 Å². The molecule has 100 valence electrons. The van der Waals surface area contributed by atoms with Crippen molar-refractivity contribution in [2.45, 2.75) is 18.9 Å². The van der Waals surface area contributed by atoms with Crippen LogP contribution < -0.4 is 5.32 Å². The summed E-state index contributed by atoms with van der Waals surface area (Å²) in [7, 11) is 0. The predicted octanol–water partition coefficient (Wildman–Crippen LogP) is 1.69. The summed E-state index contributed by atoms with van der Waals surface area (Å²) in [6.07, 6.45) is 0.540. The molecule has 1 aromatic rings. The summed E-state index contributed by atoms with van der Waals surface area (Å²) in [5.41, 5.74) is -0.00282. The van der Waals surface area contributed by atoms with E-state index < -0.39 is 11.5 Å². The first-order valence-electron chi connectivity index (χ1n) is 5.50. The third kappa shape index (κ3) is 3.22. The van der Waals surface area contributed by atoms with Gasteiger partial charge in [0.15, 0.2) is 0 Å². The van der Waals surface area contributed by atoms with E-state index in [-0.39, 0.29) is 18.8 Å². The fourth-order valence-electron chi connectivity index (χ4n) is 1.51. The highest BCUT2D eigenvalue weighted by Crippen LogP contribution is 2.25. The van der Waals surface area contributed by atoms with Crippen LogP contribution in [0, 0.1) is 0 Å². The Morgan fingerprint density at radius 2 is 2.00 bits per heavy atom. The van der Waals surface area contributed by atoms with Crippen LogP contribution in [-0.2, 0) is 0 Å². The Hall–Kier alpha value is -1.11. The third-order valence-corrected chi connectivity index (χ3v) is 3.55. The van der Waals surface area contributed by atoms with Crippen LogP contribution in [0.15, 0.2) is 22.7 Å². The topological polar surface area (TPSA) is 89.8 Å². The normalized spacial score (nSPS) is 11.3. The van der Waals surface area contributed by atoms with Crippen molar-refractivity contribution in [2.75, 3.05) is 18.5 Å². The van der Waals surface area contributed by atoms with Crippen LogP contribution in [0.4, 0.5) is 5.69 Å². The van der Waals surface area contributed by atoms with Crippen molar-refractivity contribution in [3.63, 3.8) is 0 Å². The number of aliphatic hydroxyl groups is 2. The van der Waals surface area contributed by atoms with E-state index in [1.54, 1.807) is 12.1 Å². The summed E-state index contributed by atoms with van der Waals surface area (Å²) in [5.74, 6) is -1.01. The minimum absolute atomic E-state index is 0.163. The monoisotopic (exact) mass is 317 g/mol. The smallest absolute Gasteiger partial charge is 0.336 e. The predicted molar refractivity (Wildman–Crippen MR) is 71.9 cm³/mol. The molecule has 4 N–H and O–H groups in total. The van der Waals surface area contributed by atoms with Crippen LogP contribution in [0.2, 0.25) is 0 Å². The first kappa shape index (κ1) is 14.9. The summed E-state index contributed by atoms with van der Waals surface area (Å²) in [6, 6.07) is 4.67. The summed E-state index contributed by atoms with van der Waals surface area (Å²) < 4.78 is 0.445. The van der Waals surface area contributed by atoms with Crippen molar-refractivity contribution in [1.82, 2.24) is 0 Å². The average molecular weight is 318 g/mol. The van der Waals surface area contributed by atoms with Crippen LogP contribution in [0.5, 0.6) is 0 Å². The number of aromatic carboxylic acids is 1. The lowest BCUT2D eigenvalue weighted by molar-refractivity contribution is 0.0696. The molecule has 1 rings (SSSR count). The van der Waals surface area contributed by atoms with Gasteiger partial charge >= 0.3 is 5.97 Å². The zero-order valence-electron chi connectivity index (χ0n) is 9.98. The summed E-state index contributed by atoms with van der Waals surface area (Å²) in [6.45, 7) is 1.43.